The number of rotatable bonds is 7. The van der Waals surface area contributed by atoms with E-state index in [2.05, 4.69) is 21.2 Å². The van der Waals surface area contributed by atoms with Gasteiger partial charge in [0.05, 0.1) is 0 Å². The first kappa shape index (κ1) is 19.4. The molecule has 1 atom stereocenters. The normalized spacial score (nSPS) is 14.9. The topological polar surface area (TPSA) is 58.6 Å². The second-order valence-electron chi connectivity index (χ2n) is 6.73. The molecule has 1 aliphatic rings. The van der Waals surface area contributed by atoms with Crippen LogP contribution >= 0.6 is 15.9 Å². The highest BCUT2D eigenvalue weighted by Gasteiger charge is 2.21. The van der Waals surface area contributed by atoms with Gasteiger partial charge in [-0.15, -0.1) is 0 Å². The predicted octanol–water partition coefficient (Wildman–Crippen LogP) is 3.70. The van der Waals surface area contributed by atoms with E-state index >= 15 is 0 Å². The smallest absolute Gasteiger partial charge is 0.258 e. The fraction of sp³-hybridized carbons (Fsp3) is 0.333. The Hall–Kier alpha value is -2.34. The SMILES string of the molecule is CC(Cc1ccc(Br)cc1)NC(=O)COc1ccc(N2CCCC2=O)cc1. The monoisotopic (exact) mass is 430 g/mol. The number of amides is 2. The highest BCUT2D eigenvalue weighted by Crippen LogP contribution is 2.23. The Morgan fingerprint density at radius 3 is 2.52 bits per heavy atom. The van der Waals surface area contributed by atoms with E-state index < -0.39 is 0 Å². The molecule has 142 valence electrons. The first-order valence-corrected chi connectivity index (χ1v) is 9.87. The Kier molecular flexibility index (Phi) is 6.50. The molecule has 0 aromatic heterocycles. The van der Waals surface area contributed by atoms with Gasteiger partial charge in [-0.3, -0.25) is 9.59 Å². The number of benzene rings is 2. The van der Waals surface area contributed by atoms with Crippen molar-refractivity contribution in [3.63, 3.8) is 0 Å². The van der Waals surface area contributed by atoms with Gasteiger partial charge < -0.3 is 15.0 Å². The number of carbonyl (C=O) groups excluding carboxylic acids is 2. The van der Waals surface area contributed by atoms with Crippen LogP contribution in [-0.4, -0.2) is 31.0 Å². The molecule has 3 rings (SSSR count). The molecule has 2 aromatic carbocycles. The summed E-state index contributed by atoms with van der Waals surface area (Å²) in [7, 11) is 0. The summed E-state index contributed by atoms with van der Waals surface area (Å²) >= 11 is 3.42. The molecule has 0 saturated carbocycles. The number of nitrogens with one attached hydrogen (secondary N) is 1. The lowest BCUT2D eigenvalue weighted by molar-refractivity contribution is -0.123. The van der Waals surface area contributed by atoms with Crippen molar-refractivity contribution in [3.8, 4) is 5.75 Å². The lowest BCUT2D eigenvalue weighted by atomic mass is 10.1. The molecular formula is C21H23BrN2O3. The lowest BCUT2D eigenvalue weighted by Gasteiger charge is -2.16. The maximum absolute atomic E-state index is 12.1. The fourth-order valence-electron chi connectivity index (χ4n) is 3.13. The molecule has 5 nitrogen and oxygen atoms in total. The lowest BCUT2D eigenvalue weighted by Crippen LogP contribution is -2.37. The van der Waals surface area contributed by atoms with E-state index in [1.807, 2.05) is 43.3 Å². The van der Waals surface area contributed by atoms with Crippen LogP contribution in [0.3, 0.4) is 0 Å². The molecule has 1 aliphatic heterocycles. The molecule has 1 unspecified atom stereocenters. The van der Waals surface area contributed by atoms with Crippen molar-refractivity contribution in [1.29, 1.82) is 0 Å². The molecule has 0 spiro atoms. The number of ether oxygens (including phenoxy) is 1. The molecule has 0 aliphatic carbocycles. The van der Waals surface area contributed by atoms with Gasteiger partial charge in [-0.1, -0.05) is 28.1 Å². The van der Waals surface area contributed by atoms with E-state index in [-0.39, 0.29) is 24.5 Å². The average molecular weight is 431 g/mol. The molecule has 27 heavy (non-hydrogen) atoms. The predicted molar refractivity (Wildman–Crippen MR) is 109 cm³/mol. The first-order valence-electron chi connectivity index (χ1n) is 9.08. The van der Waals surface area contributed by atoms with Gasteiger partial charge in [0.15, 0.2) is 6.61 Å². The van der Waals surface area contributed by atoms with Crippen LogP contribution in [0.2, 0.25) is 0 Å². The molecule has 0 bridgehead atoms. The summed E-state index contributed by atoms with van der Waals surface area (Å²) in [5, 5.41) is 2.95. The summed E-state index contributed by atoms with van der Waals surface area (Å²) in [4.78, 5) is 25.6. The van der Waals surface area contributed by atoms with Crippen LogP contribution in [0.4, 0.5) is 5.69 Å². The summed E-state index contributed by atoms with van der Waals surface area (Å²) < 4.78 is 6.60. The number of carbonyl (C=O) groups is 2. The minimum Gasteiger partial charge on any atom is -0.484 e. The van der Waals surface area contributed by atoms with Gasteiger partial charge in [-0.05, 0) is 61.7 Å². The number of halogens is 1. The van der Waals surface area contributed by atoms with Crippen LogP contribution < -0.4 is 15.0 Å². The van der Waals surface area contributed by atoms with Crippen molar-refractivity contribution >= 4 is 33.4 Å². The van der Waals surface area contributed by atoms with Gasteiger partial charge in [0.25, 0.3) is 5.91 Å². The van der Waals surface area contributed by atoms with Gasteiger partial charge in [-0.25, -0.2) is 0 Å². The van der Waals surface area contributed by atoms with Crippen LogP contribution in [-0.2, 0) is 16.0 Å². The Bertz CT molecular complexity index is 790. The Labute approximate surface area is 167 Å². The third kappa shape index (κ3) is 5.57. The molecule has 1 N–H and O–H groups in total. The zero-order valence-electron chi connectivity index (χ0n) is 15.3. The van der Waals surface area contributed by atoms with Crippen molar-refractivity contribution in [2.24, 2.45) is 0 Å². The van der Waals surface area contributed by atoms with Crippen LogP contribution in [0, 0.1) is 0 Å². The third-order valence-corrected chi connectivity index (χ3v) is 4.98. The van der Waals surface area contributed by atoms with Crippen molar-refractivity contribution in [3.05, 3.63) is 58.6 Å². The van der Waals surface area contributed by atoms with Crippen molar-refractivity contribution in [1.82, 2.24) is 5.32 Å². The highest BCUT2D eigenvalue weighted by atomic mass is 79.9. The Balaban J connectivity index is 1.44. The molecule has 2 amide bonds. The number of anilines is 1. The zero-order valence-corrected chi connectivity index (χ0v) is 16.9. The summed E-state index contributed by atoms with van der Waals surface area (Å²) in [6.07, 6.45) is 2.27. The van der Waals surface area contributed by atoms with Crippen LogP contribution in [0.5, 0.6) is 5.75 Å². The second kappa shape index (κ2) is 9.04. The summed E-state index contributed by atoms with van der Waals surface area (Å²) in [6, 6.07) is 15.4. The maximum Gasteiger partial charge on any atom is 0.258 e. The van der Waals surface area contributed by atoms with E-state index in [1.165, 1.54) is 5.56 Å². The Morgan fingerprint density at radius 2 is 1.89 bits per heavy atom. The number of hydrogen-bond donors (Lipinski definition) is 1. The molecule has 0 radical (unpaired) electrons. The quantitative estimate of drug-likeness (QED) is 0.728. The molecule has 1 heterocycles. The van der Waals surface area contributed by atoms with Gasteiger partial charge >= 0.3 is 0 Å². The fourth-order valence-corrected chi connectivity index (χ4v) is 3.40. The van der Waals surface area contributed by atoms with Crippen LogP contribution in [0.25, 0.3) is 0 Å². The molecule has 1 fully saturated rings. The molecule has 2 aromatic rings. The van der Waals surface area contributed by atoms with E-state index in [1.54, 1.807) is 17.0 Å². The van der Waals surface area contributed by atoms with Crippen molar-refractivity contribution in [2.75, 3.05) is 18.1 Å². The number of nitrogens with zero attached hydrogens (tertiary/aromatic N) is 1. The number of hydrogen-bond acceptors (Lipinski definition) is 3. The van der Waals surface area contributed by atoms with E-state index in [9.17, 15) is 9.59 Å². The Morgan fingerprint density at radius 1 is 1.19 bits per heavy atom. The zero-order chi connectivity index (χ0) is 19.2. The third-order valence-electron chi connectivity index (χ3n) is 4.45. The van der Waals surface area contributed by atoms with Crippen molar-refractivity contribution < 1.29 is 14.3 Å². The first-order chi connectivity index (χ1) is 13.0. The van der Waals surface area contributed by atoms with E-state index in [0.29, 0.717) is 12.2 Å². The largest absolute Gasteiger partial charge is 0.484 e. The van der Waals surface area contributed by atoms with E-state index in [4.69, 9.17) is 4.74 Å². The van der Waals surface area contributed by atoms with Crippen molar-refractivity contribution in [2.45, 2.75) is 32.2 Å². The van der Waals surface area contributed by atoms with Crippen LogP contribution in [0.1, 0.15) is 25.3 Å². The van der Waals surface area contributed by atoms with Gasteiger partial charge in [0, 0.05) is 29.2 Å². The highest BCUT2D eigenvalue weighted by molar-refractivity contribution is 9.10. The van der Waals surface area contributed by atoms with Gasteiger partial charge in [0.2, 0.25) is 5.91 Å². The van der Waals surface area contributed by atoms with Gasteiger partial charge in [0.1, 0.15) is 5.75 Å². The summed E-state index contributed by atoms with van der Waals surface area (Å²) in [5.41, 5.74) is 2.04. The average Bonchev–Trinajstić information content (AvgIpc) is 3.08. The van der Waals surface area contributed by atoms with Gasteiger partial charge in [-0.2, -0.15) is 0 Å². The summed E-state index contributed by atoms with van der Waals surface area (Å²) in [5.74, 6) is 0.613. The minimum atomic E-state index is -0.154. The second-order valence-corrected chi connectivity index (χ2v) is 7.65. The molecular weight excluding hydrogens is 408 g/mol. The standard InChI is InChI=1S/C21H23BrN2O3/c1-15(13-16-4-6-17(22)7-5-16)23-20(25)14-27-19-10-8-18(9-11-19)24-12-2-3-21(24)26/h4-11,15H,2-3,12-14H2,1H3,(H,23,25). The molecule has 6 heteroatoms. The van der Waals surface area contributed by atoms with E-state index in [0.717, 1.165) is 29.5 Å². The van der Waals surface area contributed by atoms with Crippen LogP contribution in [0.15, 0.2) is 53.0 Å². The maximum atomic E-state index is 12.1. The summed E-state index contributed by atoms with van der Waals surface area (Å²) in [6.45, 7) is 2.70. The minimum absolute atomic E-state index is 0.0193. The molecule has 1 saturated heterocycles.